The van der Waals surface area contributed by atoms with Crippen molar-refractivity contribution >= 4 is 11.8 Å². The molecule has 1 aliphatic heterocycles. The first-order valence-corrected chi connectivity index (χ1v) is 8.02. The maximum atomic E-state index is 4.02. The van der Waals surface area contributed by atoms with Crippen LogP contribution in [-0.2, 0) is 0 Å². The maximum absolute atomic E-state index is 4.02. The van der Waals surface area contributed by atoms with Crippen molar-refractivity contribution in [2.75, 3.05) is 11.5 Å². The van der Waals surface area contributed by atoms with Crippen LogP contribution in [0.4, 0.5) is 0 Å². The van der Waals surface area contributed by atoms with Crippen LogP contribution in [0.15, 0.2) is 0 Å². The zero-order valence-corrected chi connectivity index (χ0v) is 11.7. The molecule has 1 N–H and O–H groups in total. The minimum Gasteiger partial charge on any atom is -0.309 e. The number of hydrogen-bond donors (Lipinski definition) is 1. The first kappa shape index (κ1) is 11.4. The zero-order chi connectivity index (χ0) is 11.4. The molecule has 2 unspecified atom stereocenters. The summed E-state index contributed by atoms with van der Waals surface area (Å²) in [5.74, 6) is 3.68. The quantitative estimate of drug-likeness (QED) is 0.793. The Morgan fingerprint density at radius 3 is 2.56 bits per heavy atom. The Kier molecular flexibility index (Phi) is 2.60. The van der Waals surface area contributed by atoms with Gasteiger partial charge >= 0.3 is 0 Å². The fraction of sp³-hybridized carbons (Fsp3) is 1.00. The Morgan fingerprint density at radius 2 is 2.00 bits per heavy atom. The van der Waals surface area contributed by atoms with Gasteiger partial charge in [-0.15, -0.1) is 0 Å². The number of nitrogens with one attached hydrogen (secondary N) is 1. The molecule has 2 bridgehead atoms. The van der Waals surface area contributed by atoms with Crippen LogP contribution in [-0.4, -0.2) is 23.6 Å². The van der Waals surface area contributed by atoms with Gasteiger partial charge in [0, 0.05) is 17.8 Å². The van der Waals surface area contributed by atoms with Crippen molar-refractivity contribution in [2.24, 2.45) is 16.7 Å². The lowest BCUT2D eigenvalue weighted by Gasteiger charge is -2.44. The van der Waals surface area contributed by atoms with Crippen LogP contribution in [0.5, 0.6) is 0 Å². The predicted octanol–water partition coefficient (Wildman–Crippen LogP) is 3.30. The Labute approximate surface area is 104 Å². The molecule has 0 aromatic heterocycles. The average Bonchev–Trinajstić information content (AvgIpc) is 2.85. The SMILES string of the molecule is CC1(C)C(NC2CCSC2)[C@]2(C)CC[C@H]1C2. The van der Waals surface area contributed by atoms with Gasteiger partial charge in [-0.05, 0) is 48.2 Å². The molecule has 92 valence electrons. The van der Waals surface area contributed by atoms with Crippen molar-refractivity contribution in [2.45, 2.75) is 58.5 Å². The second-order valence-electron chi connectivity index (χ2n) is 7.08. The van der Waals surface area contributed by atoms with E-state index in [0.29, 0.717) is 10.8 Å². The first-order valence-electron chi connectivity index (χ1n) is 6.86. The zero-order valence-electron chi connectivity index (χ0n) is 10.9. The second-order valence-corrected chi connectivity index (χ2v) is 8.23. The van der Waals surface area contributed by atoms with Gasteiger partial charge in [0.2, 0.25) is 0 Å². The van der Waals surface area contributed by atoms with Gasteiger partial charge in [0.05, 0.1) is 0 Å². The molecular weight excluding hydrogens is 214 g/mol. The number of rotatable bonds is 2. The average molecular weight is 239 g/mol. The van der Waals surface area contributed by atoms with Gasteiger partial charge in [0.25, 0.3) is 0 Å². The third-order valence-electron chi connectivity index (χ3n) is 5.60. The molecule has 16 heavy (non-hydrogen) atoms. The molecule has 2 aliphatic carbocycles. The summed E-state index contributed by atoms with van der Waals surface area (Å²) in [4.78, 5) is 0. The van der Waals surface area contributed by atoms with E-state index in [0.717, 1.165) is 18.0 Å². The minimum atomic E-state index is 0.528. The summed E-state index contributed by atoms with van der Waals surface area (Å²) in [7, 11) is 0. The monoisotopic (exact) mass is 239 g/mol. The van der Waals surface area contributed by atoms with Gasteiger partial charge in [-0.25, -0.2) is 0 Å². The molecule has 0 amide bonds. The van der Waals surface area contributed by atoms with Gasteiger partial charge in [0.15, 0.2) is 0 Å². The first-order chi connectivity index (χ1) is 7.52. The van der Waals surface area contributed by atoms with Crippen LogP contribution in [0.2, 0.25) is 0 Å². The molecule has 3 rings (SSSR count). The molecule has 0 aromatic rings. The highest BCUT2D eigenvalue weighted by Crippen LogP contribution is 2.62. The Hall–Kier alpha value is 0.310. The van der Waals surface area contributed by atoms with Crippen LogP contribution >= 0.6 is 11.8 Å². The molecule has 0 spiro atoms. The van der Waals surface area contributed by atoms with Crippen molar-refractivity contribution in [1.29, 1.82) is 0 Å². The highest BCUT2D eigenvalue weighted by molar-refractivity contribution is 7.99. The van der Waals surface area contributed by atoms with E-state index in [1.165, 1.54) is 37.2 Å². The fourth-order valence-corrected chi connectivity index (χ4v) is 5.78. The van der Waals surface area contributed by atoms with E-state index in [1.54, 1.807) is 0 Å². The summed E-state index contributed by atoms with van der Waals surface area (Å²) in [5, 5.41) is 4.02. The summed E-state index contributed by atoms with van der Waals surface area (Å²) >= 11 is 2.12. The molecule has 1 heterocycles. The van der Waals surface area contributed by atoms with Crippen LogP contribution in [0.1, 0.15) is 46.5 Å². The number of thioether (sulfide) groups is 1. The highest BCUT2D eigenvalue weighted by Gasteiger charge is 2.59. The van der Waals surface area contributed by atoms with Crippen LogP contribution in [0.3, 0.4) is 0 Å². The normalized spacial score (nSPS) is 50.1. The van der Waals surface area contributed by atoms with Gasteiger partial charge in [-0.3, -0.25) is 0 Å². The van der Waals surface area contributed by atoms with Crippen molar-refractivity contribution < 1.29 is 0 Å². The second kappa shape index (κ2) is 3.65. The lowest BCUT2D eigenvalue weighted by molar-refractivity contribution is 0.101. The molecular formula is C14H25NS. The molecule has 0 aromatic carbocycles. The lowest BCUT2D eigenvalue weighted by Crippen LogP contribution is -2.53. The van der Waals surface area contributed by atoms with E-state index in [9.17, 15) is 0 Å². The molecule has 3 fully saturated rings. The van der Waals surface area contributed by atoms with Gasteiger partial charge in [-0.2, -0.15) is 11.8 Å². The summed E-state index contributed by atoms with van der Waals surface area (Å²) in [6.07, 6.45) is 5.79. The fourth-order valence-electron chi connectivity index (χ4n) is 4.62. The smallest absolute Gasteiger partial charge is 0.0178 e. The largest absolute Gasteiger partial charge is 0.309 e. The predicted molar refractivity (Wildman–Crippen MR) is 71.9 cm³/mol. The molecule has 2 heteroatoms. The molecule has 0 radical (unpaired) electrons. The molecule has 2 saturated carbocycles. The third kappa shape index (κ3) is 1.56. The number of fused-ring (bicyclic) bond motifs is 2. The third-order valence-corrected chi connectivity index (χ3v) is 6.76. The van der Waals surface area contributed by atoms with Crippen molar-refractivity contribution in [3.05, 3.63) is 0 Å². The van der Waals surface area contributed by atoms with Gasteiger partial charge in [0.1, 0.15) is 0 Å². The van der Waals surface area contributed by atoms with E-state index < -0.39 is 0 Å². The Morgan fingerprint density at radius 1 is 1.19 bits per heavy atom. The van der Waals surface area contributed by atoms with Gasteiger partial charge < -0.3 is 5.32 Å². The van der Waals surface area contributed by atoms with E-state index >= 15 is 0 Å². The van der Waals surface area contributed by atoms with E-state index in [-0.39, 0.29) is 0 Å². The van der Waals surface area contributed by atoms with Crippen molar-refractivity contribution in [3.8, 4) is 0 Å². The summed E-state index contributed by atoms with van der Waals surface area (Å²) in [5.41, 5.74) is 1.13. The van der Waals surface area contributed by atoms with Crippen molar-refractivity contribution in [1.82, 2.24) is 5.32 Å². The topological polar surface area (TPSA) is 12.0 Å². The minimum absolute atomic E-state index is 0.528. The van der Waals surface area contributed by atoms with Gasteiger partial charge in [-0.1, -0.05) is 20.8 Å². The Balaban J connectivity index is 1.77. The van der Waals surface area contributed by atoms with Crippen molar-refractivity contribution in [3.63, 3.8) is 0 Å². The van der Waals surface area contributed by atoms with Crippen LogP contribution < -0.4 is 5.32 Å². The Bertz CT molecular complexity index is 278. The summed E-state index contributed by atoms with van der Waals surface area (Å²) in [6.45, 7) is 7.53. The molecule has 1 nitrogen and oxygen atoms in total. The summed E-state index contributed by atoms with van der Waals surface area (Å²) < 4.78 is 0. The van der Waals surface area contributed by atoms with E-state index in [4.69, 9.17) is 0 Å². The van der Waals surface area contributed by atoms with E-state index in [1.807, 2.05) is 0 Å². The molecule has 4 atom stereocenters. The van der Waals surface area contributed by atoms with E-state index in [2.05, 4.69) is 37.8 Å². The van der Waals surface area contributed by atoms with Crippen LogP contribution in [0.25, 0.3) is 0 Å². The highest BCUT2D eigenvalue weighted by atomic mass is 32.2. The maximum Gasteiger partial charge on any atom is 0.0178 e. The lowest BCUT2D eigenvalue weighted by atomic mass is 9.68. The standard InChI is InChI=1S/C14H25NS/c1-13(2)10-4-6-14(3,8-10)12(13)15-11-5-7-16-9-11/h10-12,15H,4-9H2,1-3H3/t10-,11?,12?,14+/m0/s1. The van der Waals surface area contributed by atoms with Crippen LogP contribution in [0, 0.1) is 16.7 Å². The molecule has 3 aliphatic rings. The molecule has 1 saturated heterocycles. The summed E-state index contributed by atoms with van der Waals surface area (Å²) in [6, 6.07) is 1.56. The number of hydrogen-bond acceptors (Lipinski definition) is 2.